The number of amides is 1. The maximum Gasteiger partial charge on any atom is 0.271 e. The van der Waals surface area contributed by atoms with Crippen LogP contribution >= 0.6 is 11.6 Å². The fourth-order valence-corrected chi connectivity index (χ4v) is 2.37. The molecule has 0 spiro atoms. The minimum Gasteiger partial charge on any atom is -0.322 e. The van der Waals surface area contributed by atoms with Gasteiger partial charge >= 0.3 is 0 Å². The zero-order chi connectivity index (χ0) is 12.8. The first-order valence-electron chi connectivity index (χ1n) is 5.48. The van der Waals surface area contributed by atoms with Crippen molar-refractivity contribution in [3.8, 4) is 0 Å². The largest absolute Gasteiger partial charge is 0.322 e. The molecule has 1 aliphatic rings. The average molecular weight is 262 g/mol. The third-order valence-electron chi connectivity index (χ3n) is 3.09. The van der Waals surface area contributed by atoms with Crippen molar-refractivity contribution >= 4 is 23.2 Å². The molecule has 1 amide bonds. The first-order chi connectivity index (χ1) is 8.62. The van der Waals surface area contributed by atoms with Gasteiger partial charge in [0.25, 0.3) is 5.91 Å². The molecule has 18 heavy (non-hydrogen) atoms. The number of carbonyl (C=O) groups is 1. The molecule has 2 nitrogen and oxygen atoms in total. The number of hydrogen-bond donors (Lipinski definition) is 1. The van der Waals surface area contributed by atoms with Crippen LogP contribution in [0, 0.1) is 0 Å². The Morgan fingerprint density at radius 2 is 1.83 bits per heavy atom. The summed E-state index contributed by atoms with van der Waals surface area (Å²) in [6.45, 7) is 0. The van der Waals surface area contributed by atoms with E-state index in [2.05, 4.69) is 5.32 Å². The molecule has 90 valence electrons. The lowest BCUT2D eigenvalue weighted by atomic mass is 9.89. The molecule has 1 aliphatic heterocycles. The summed E-state index contributed by atoms with van der Waals surface area (Å²) in [4.78, 5) is 11.9. The highest BCUT2D eigenvalue weighted by Crippen LogP contribution is 2.44. The quantitative estimate of drug-likeness (QED) is 0.836. The van der Waals surface area contributed by atoms with E-state index in [4.69, 9.17) is 11.6 Å². The van der Waals surface area contributed by atoms with Crippen molar-refractivity contribution in [1.29, 1.82) is 0 Å². The van der Waals surface area contributed by atoms with Crippen LogP contribution < -0.4 is 5.32 Å². The van der Waals surface area contributed by atoms with Gasteiger partial charge in [-0.05, 0) is 18.2 Å². The Morgan fingerprint density at radius 1 is 1.11 bits per heavy atom. The lowest BCUT2D eigenvalue weighted by Crippen LogP contribution is -2.30. The van der Waals surface area contributed by atoms with Crippen molar-refractivity contribution in [1.82, 2.24) is 0 Å². The lowest BCUT2D eigenvalue weighted by molar-refractivity contribution is -0.124. The van der Waals surface area contributed by atoms with E-state index >= 15 is 4.39 Å². The van der Waals surface area contributed by atoms with Crippen LogP contribution in [0.3, 0.4) is 0 Å². The molecule has 1 atom stereocenters. The van der Waals surface area contributed by atoms with Gasteiger partial charge in [0, 0.05) is 21.8 Å². The Morgan fingerprint density at radius 3 is 2.56 bits per heavy atom. The number of rotatable bonds is 1. The van der Waals surface area contributed by atoms with E-state index in [0.717, 1.165) is 0 Å². The molecule has 0 fully saturated rings. The van der Waals surface area contributed by atoms with Crippen molar-refractivity contribution in [2.45, 2.75) is 5.67 Å². The van der Waals surface area contributed by atoms with E-state index in [0.29, 0.717) is 16.3 Å². The Kier molecular flexibility index (Phi) is 2.38. The molecule has 4 heteroatoms. The number of halogens is 2. The number of alkyl halides is 1. The molecule has 0 saturated heterocycles. The smallest absolute Gasteiger partial charge is 0.271 e. The highest BCUT2D eigenvalue weighted by molar-refractivity contribution is 6.31. The van der Waals surface area contributed by atoms with Gasteiger partial charge in [-0.1, -0.05) is 41.9 Å². The summed E-state index contributed by atoms with van der Waals surface area (Å²) in [6.07, 6.45) is 0. The SMILES string of the molecule is O=C1Nc2ccc(Cl)cc2C1(F)c1ccccc1. The summed E-state index contributed by atoms with van der Waals surface area (Å²) >= 11 is 5.88. The molecular formula is C14H9ClFNO. The maximum atomic E-state index is 15.1. The van der Waals surface area contributed by atoms with E-state index < -0.39 is 11.6 Å². The van der Waals surface area contributed by atoms with Gasteiger partial charge in [-0.25, -0.2) is 4.39 Å². The van der Waals surface area contributed by atoms with Gasteiger partial charge in [-0.2, -0.15) is 0 Å². The van der Waals surface area contributed by atoms with Gasteiger partial charge in [0.2, 0.25) is 5.67 Å². The summed E-state index contributed by atoms with van der Waals surface area (Å²) in [5.74, 6) is -0.675. The summed E-state index contributed by atoms with van der Waals surface area (Å²) in [5, 5.41) is 2.95. The first kappa shape index (κ1) is 11.2. The van der Waals surface area contributed by atoms with Gasteiger partial charge in [-0.3, -0.25) is 4.79 Å². The van der Waals surface area contributed by atoms with Crippen LogP contribution in [-0.4, -0.2) is 5.91 Å². The molecule has 0 saturated carbocycles. The number of nitrogens with one attached hydrogen (secondary N) is 1. The second-order valence-corrected chi connectivity index (χ2v) is 4.60. The van der Waals surface area contributed by atoms with Gasteiger partial charge in [0.05, 0.1) is 0 Å². The molecule has 0 radical (unpaired) electrons. The standard InChI is InChI=1S/C14H9ClFNO/c15-10-6-7-12-11(8-10)14(16,13(18)17-12)9-4-2-1-3-5-9/h1-8H,(H,17,18). The normalized spacial score (nSPS) is 21.6. The zero-order valence-corrected chi connectivity index (χ0v) is 10.0. The van der Waals surface area contributed by atoms with E-state index in [-0.39, 0.29) is 5.56 Å². The summed E-state index contributed by atoms with van der Waals surface area (Å²) < 4.78 is 15.1. The third-order valence-corrected chi connectivity index (χ3v) is 3.32. The molecule has 0 bridgehead atoms. The molecule has 1 unspecified atom stereocenters. The number of hydrogen-bond acceptors (Lipinski definition) is 1. The fourth-order valence-electron chi connectivity index (χ4n) is 2.20. The molecule has 1 N–H and O–H groups in total. The maximum absolute atomic E-state index is 15.1. The van der Waals surface area contributed by atoms with Gasteiger partial charge in [0.1, 0.15) is 0 Å². The molecular weight excluding hydrogens is 253 g/mol. The van der Waals surface area contributed by atoms with Gasteiger partial charge in [-0.15, -0.1) is 0 Å². The summed E-state index contributed by atoms with van der Waals surface area (Å²) in [7, 11) is 0. The predicted molar refractivity (Wildman–Crippen MR) is 68.4 cm³/mol. The molecule has 3 rings (SSSR count). The molecule has 0 aromatic heterocycles. The topological polar surface area (TPSA) is 29.1 Å². The van der Waals surface area contributed by atoms with Gasteiger partial charge in [0.15, 0.2) is 0 Å². The first-order valence-corrected chi connectivity index (χ1v) is 5.86. The number of benzene rings is 2. The lowest BCUT2D eigenvalue weighted by Gasteiger charge is -2.18. The Balaban J connectivity index is 2.25. The minimum atomic E-state index is -2.17. The van der Waals surface area contributed by atoms with Crippen LogP contribution in [-0.2, 0) is 10.5 Å². The van der Waals surface area contributed by atoms with Crippen LogP contribution in [0.15, 0.2) is 48.5 Å². The minimum absolute atomic E-state index is 0.270. The molecule has 1 heterocycles. The van der Waals surface area contributed by atoms with Crippen LogP contribution in [0.5, 0.6) is 0 Å². The Bertz CT molecular complexity index is 629. The van der Waals surface area contributed by atoms with Crippen molar-refractivity contribution in [3.05, 3.63) is 64.7 Å². The van der Waals surface area contributed by atoms with E-state index in [1.54, 1.807) is 42.5 Å². The average Bonchev–Trinajstić information content (AvgIpc) is 2.64. The van der Waals surface area contributed by atoms with Crippen molar-refractivity contribution < 1.29 is 9.18 Å². The van der Waals surface area contributed by atoms with Crippen LogP contribution in [0.25, 0.3) is 0 Å². The fraction of sp³-hybridized carbons (Fsp3) is 0.0714. The highest BCUT2D eigenvalue weighted by atomic mass is 35.5. The monoisotopic (exact) mass is 261 g/mol. The van der Waals surface area contributed by atoms with E-state index in [9.17, 15) is 4.79 Å². The van der Waals surface area contributed by atoms with Gasteiger partial charge < -0.3 is 5.32 Å². The highest BCUT2D eigenvalue weighted by Gasteiger charge is 2.49. The van der Waals surface area contributed by atoms with Crippen molar-refractivity contribution in [2.24, 2.45) is 0 Å². The molecule has 2 aromatic carbocycles. The predicted octanol–water partition coefficient (Wildman–Crippen LogP) is 3.51. The number of anilines is 1. The zero-order valence-electron chi connectivity index (χ0n) is 9.28. The third kappa shape index (κ3) is 1.44. The van der Waals surface area contributed by atoms with Crippen LogP contribution in [0.4, 0.5) is 10.1 Å². The van der Waals surface area contributed by atoms with E-state index in [1.807, 2.05) is 0 Å². The van der Waals surface area contributed by atoms with Crippen molar-refractivity contribution in [2.75, 3.05) is 5.32 Å². The summed E-state index contributed by atoms with van der Waals surface area (Å²) in [6, 6.07) is 13.1. The van der Waals surface area contributed by atoms with E-state index in [1.165, 1.54) is 6.07 Å². The Labute approximate surface area is 108 Å². The molecule has 0 aliphatic carbocycles. The molecule has 2 aromatic rings. The van der Waals surface area contributed by atoms with Crippen LogP contribution in [0.1, 0.15) is 11.1 Å². The Hall–Kier alpha value is -1.87. The number of fused-ring (bicyclic) bond motifs is 1. The van der Waals surface area contributed by atoms with Crippen LogP contribution in [0.2, 0.25) is 5.02 Å². The summed E-state index contributed by atoms with van der Waals surface area (Å²) in [5.41, 5.74) is -1.12. The second kappa shape index (κ2) is 3.82. The second-order valence-electron chi connectivity index (χ2n) is 4.17. The number of carbonyl (C=O) groups excluding carboxylic acids is 1. The van der Waals surface area contributed by atoms with Crippen molar-refractivity contribution in [3.63, 3.8) is 0 Å².